The molecular weight excluding hydrogens is 312 g/mol. The van der Waals surface area contributed by atoms with Crippen molar-refractivity contribution in [3.63, 3.8) is 0 Å². The summed E-state index contributed by atoms with van der Waals surface area (Å²) in [6.45, 7) is 8.81. The highest BCUT2D eigenvalue weighted by Crippen LogP contribution is 2.42. The Bertz CT molecular complexity index is 832. The molecule has 23 heavy (non-hydrogen) atoms. The van der Waals surface area contributed by atoms with Gasteiger partial charge >= 0.3 is 5.97 Å². The first-order valence-electron chi connectivity index (χ1n) is 8.10. The van der Waals surface area contributed by atoms with Gasteiger partial charge in [0.2, 0.25) is 0 Å². The molecule has 2 aromatic rings. The largest absolute Gasteiger partial charge is 0.481 e. The smallest absolute Gasteiger partial charge is 0.311 e. The van der Waals surface area contributed by atoms with Crippen molar-refractivity contribution in [1.29, 1.82) is 0 Å². The highest BCUT2D eigenvalue weighted by Gasteiger charge is 2.34. The summed E-state index contributed by atoms with van der Waals surface area (Å²) < 4.78 is 1.75. The van der Waals surface area contributed by atoms with Crippen molar-refractivity contribution in [2.45, 2.75) is 58.9 Å². The number of hydrogen-bond donors (Lipinski definition) is 1. The van der Waals surface area contributed by atoms with E-state index in [1.54, 1.807) is 4.57 Å². The molecule has 0 saturated carbocycles. The average Bonchev–Trinajstić information content (AvgIpc) is 2.98. The van der Waals surface area contributed by atoms with Crippen LogP contribution in [0.25, 0.3) is 10.2 Å². The zero-order valence-corrected chi connectivity index (χ0v) is 14.7. The maximum Gasteiger partial charge on any atom is 0.311 e. The number of hydrogen-bond acceptors (Lipinski definition) is 4. The maximum absolute atomic E-state index is 13.1. The number of rotatable bonds is 4. The Kier molecular flexibility index (Phi) is 4.04. The first-order chi connectivity index (χ1) is 10.8. The number of fused-ring (bicyclic) bond motifs is 3. The average molecular weight is 334 g/mol. The van der Waals surface area contributed by atoms with E-state index in [0.29, 0.717) is 29.1 Å². The minimum absolute atomic E-state index is 0.0713. The van der Waals surface area contributed by atoms with Gasteiger partial charge in [-0.25, -0.2) is 4.98 Å². The summed E-state index contributed by atoms with van der Waals surface area (Å²) >= 11 is 1.49. The zero-order chi connectivity index (χ0) is 16.9. The first kappa shape index (κ1) is 16.2. The lowest BCUT2D eigenvalue weighted by atomic mass is 10.0. The van der Waals surface area contributed by atoms with E-state index < -0.39 is 11.9 Å². The Morgan fingerprint density at radius 1 is 1.39 bits per heavy atom. The van der Waals surface area contributed by atoms with Gasteiger partial charge in [0.05, 0.1) is 11.3 Å². The Labute approximate surface area is 139 Å². The Hall–Kier alpha value is -1.69. The lowest BCUT2D eigenvalue weighted by Gasteiger charge is -2.17. The number of nitrogens with zero attached hydrogens (tertiary/aromatic N) is 2. The Morgan fingerprint density at radius 2 is 2.09 bits per heavy atom. The van der Waals surface area contributed by atoms with Gasteiger partial charge in [-0.05, 0) is 24.3 Å². The third-order valence-corrected chi connectivity index (χ3v) is 5.49. The van der Waals surface area contributed by atoms with Crippen molar-refractivity contribution in [2.24, 2.45) is 5.92 Å². The highest BCUT2D eigenvalue weighted by molar-refractivity contribution is 7.18. The summed E-state index contributed by atoms with van der Waals surface area (Å²) in [5.74, 6) is -0.135. The Balaban J connectivity index is 2.32. The fourth-order valence-electron chi connectivity index (χ4n) is 3.37. The van der Waals surface area contributed by atoms with Crippen molar-refractivity contribution < 1.29 is 9.90 Å². The summed E-state index contributed by atoms with van der Waals surface area (Å²) in [5, 5.41) is 10.0. The molecule has 3 rings (SSSR count). The lowest BCUT2D eigenvalue weighted by Crippen LogP contribution is -2.28. The number of carbonyl (C=O) groups is 1. The number of aliphatic carboxylic acids is 1. The van der Waals surface area contributed by atoms with E-state index in [1.807, 2.05) is 13.8 Å². The monoisotopic (exact) mass is 334 g/mol. The van der Waals surface area contributed by atoms with Crippen molar-refractivity contribution in [3.8, 4) is 0 Å². The van der Waals surface area contributed by atoms with Gasteiger partial charge in [0.15, 0.2) is 0 Å². The molecule has 1 aliphatic carbocycles. The normalized spacial score (nSPS) is 17.4. The van der Waals surface area contributed by atoms with Crippen LogP contribution in [0.2, 0.25) is 0 Å². The van der Waals surface area contributed by atoms with Crippen LogP contribution in [0.3, 0.4) is 0 Å². The minimum atomic E-state index is -0.841. The lowest BCUT2D eigenvalue weighted by molar-refractivity contribution is -0.138. The molecule has 0 aromatic carbocycles. The summed E-state index contributed by atoms with van der Waals surface area (Å²) in [4.78, 5) is 31.1. The molecule has 6 heteroatoms. The predicted molar refractivity (Wildman–Crippen MR) is 91.5 cm³/mol. The van der Waals surface area contributed by atoms with Crippen LogP contribution in [0.4, 0.5) is 0 Å². The second-order valence-corrected chi connectivity index (χ2v) is 8.07. The molecule has 0 bridgehead atoms. The topological polar surface area (TPSA) is 72.2 Å². The van der Waals surface area contributed by atoms with E-state index in [1.165, 1.54) is 11.3 Å². The van der Waals surface area contributed by atoms with Crippen LogP contribution < -0.4 is 5.56 Å². The van der Waals surface area contributed by atoms with Crippen LogP contribution in [0.5, 0.6) is 0 Å². The van der Waals surface area contributed by atoms with Crippen LogP contribution in [0.15, 0.2) is 4.79 Å². The SMILES string of the molecule is CC(C)Cn1c(C(C)C)nc2sc3c(c2c1=O)C(C(=O)O)CC3. The van der Waals surface area contributed by atoms with E-state index in [2.05, 4.69) is 13.8 Å². The molecule has 1 atom stereocenters. The highest BCUT2D eigenvalue weighted by atomic mass is 32.1. The van der Waals surface area contributed by atoms with Crippen molar-refractivity contribution in [2.75, 3.05) is 0 Å². The number of thiophene rings is 1. The molecule has 5 nitrogen and oxygen atoms in total. The fraction of sp³-hybridized carbons (Fsp3) is 0.588. The molecule has 1 unspecified atom stereocenters. The first-order valence-corrected chi connectivity index (χ1v) is 8.91. The van der Waals surface area contributed by atoms with Gasteiger partial charge in [-0.2, -0.15) is 0 Å². The molecule has 0 radical (unpaired) electrons. The van der Waals surface area contributed by atoms with E-state index in [9.17, 15) is 14.7 Å². The van der Waals surface area contributed by atoms with Crippen molar-refractivity contribution >= 4 is 27.5 Å². The molecule has 0 saturated heterocycles. The van der Waals surface area contributed by atoms with Crippen molar-refractivity contribution in [1.82, 2.24) is 9.55 Å². The van der Waals surface area contributed by atoms with Crippen LogP contribution >= 0.6 is 11.3 Å². The third-order valence-electron chi connectivity index (χ3n) is 4.33. The summed E-state index contributed by atoms with van der Waals surface area (Å²) in [6.07, 6.45) is 1.32. The predicted octanol–water partition coefficient (Wildman–Crippen LogP) is 3.35. The summed E-state index contributed by atoms with van der Waals surface area (Å²) in [7, 11) is 0. The van der Waals surface area contributed by atoms with Gasteiger partial charge in [0.25, 0.3) is 5.56 Å². The Morgan fingerprint density at radius 3 is 2.65 bits per heavy atom. The molecular formula is C17H22N2O3S. The van der Waals surface area contributed by atoms with E-state index in [0.717, 1.165) is 22.7 Å². The second kappa shape index (κ2) is 5.74. The molecule has 2 aromatic heterocycles. The van der Waals surface area contributed by atoms with E-state index >= 15 is 0 Å². The molecule has 0 spiro atoms. The van der Waals surface area contributed by atoms with Gasteiger partial charge in [-0.3, -0.25) is 14.2 Å². The fourth-order valence-corrected chi connectivity index (χ4v) is 4.62. The number of carboxylic acid groups (broad SMARTS) is 1. The van der Waals surface area contributed by atoms with Crippen LogP contribution in [0, 0.1) is 5.92 Å². The molecule has 1 N–H and O–H groups in total. The van der Waals surface area contributed by atoms with Gasteiger partial charge in [-0.15, -0.1) is 11.3 Å². The van der Waals surface area contributed by atoms with Gasteiger partial charge in [0.1, 0.15) is 10.7 Å². The minimum Gasteiger partial charge on any atom is -0.481 e. The molecule has 0 aliphatic heterocycles. The molecule has 2 heterocycles. The van der Waals surface area contributed by atoms with Gasteiger partial charge in [0, 0.05) is 17.3 Å². The van der Waals surface area contributed by atoms with E-state index in [-0.39, 0.29) is 11.5 Å². The molecule has 124 valence electrons. The quantitative estimate of drug-likeness (QED) is 0.930. The zero-order valence-electron chi connectivity index (χ0n) is 13.9. The van der Waals surface area contributed by atoms with Gasteiger partial charge in [-0.1, -0.05) is 27.7 Å². The summed E-state index contributed by atoms with van der Waals surface area (Å²) in [5.41, 5.74) is 0.654. The van der Waals surface area contributed by atoms with Crippen molar-refractivity contribution in [3.05, 3.63) is 26.6 Å². The number of aromatic nitrogens is 2. The molecule has 1 aliphatic rings. The maximum atomic E-state index is 13.1. The van der Waals surface area contributed by atoms with Crippen LogP contribution in [-0.2, 0) is 17.8 Å². The van der Waals surface area contributed by atoms with Gasteiger partial charge < -0.3 is 5.11 Å². The molecule has 0 fully saturated rings. The van der Waals surface area contributed by atoms with E-state index in [4.69, 9.17) is 4.98 Å². The summed E-state index contributed by atoms with van der Waals surface area (Å²) in [6, 6.07) is 0. The number of aryl methyl sites for hydroxylation is 1. The standard InChI is InChI=1S/C17H22N2O3S/c1-8(2)7-19-14(9(3)4)18-15-13(16(19)20)12-10(17(21)22)5-6-11(12)23-15/h8-10H,5-7H2,1-4H3,(H,21,22). The third kappa shape index (κ3) is 2.59. The number of carboxylic acids is 1. The van der Waals surface area contributed by atoms with Crippen LogP contribution in [0.1, 0.15) is 62.2 Å². The second-order valence-electron chi connectivity index (χ2n) is 6.98. The molecule has 0 amide bonds. The van der Waals surface area contributed by atoms with Crippen LogP contribution in [-0.4, -0.2) is 20.6 Å².